The van der Waals surface area contributed by atoms with Crippen molar-refractivity contribution >= 4 is 22.6 Å². The van der Waals surface area contributed by atoms with Gasteiger partial charge in [0.15, 0.2) is 11.5 Å². The number of rotatable bonds is 5. The minimum atomic E-state index is -0.460. The van der Waals surface area contributed by atoms with Crippen LogP contribution in [0.4, 0.5) is 0 Å². The molecule has 3 heterocycles. The van der Waals surface area contributed by atoms with Gasteiger partial charge in [0, 0.05) is 40.7 Å². The first-order chi connectivity index (χ1) is 15.3. The molecule has 4 rings (SSSR count). The molecule has 0 N–H and O–H groups in total. The topological polar surface area (TPSA) is 91.9 Å². The molecular formula is C23H22ClN5O3. The van der Waals surface area contributed by atoms with Crippen LogP contribution in [0.15, 0.2) is 46.2 Å². The largest absolute Gasteiger partial charge is 0.496 e. The number of aryl methyl sites for hydroxylation is 2. The van der Waals surface area contributed by atoms with Gasteiger partial charge in [-0.3, -0.25) is 18.9 Å². The molecule has 32 heavy (non-hydrogen) atoms. The number of ether oxygens (including phenoxy) is 1. The van der Waals surface area contributed by atoms with E-state index in [9.17, 15) is 9.59 Å². The van der Waals surface area contributed by atoms with Crippen LogP contribution in [-0.4, -0.2) is 31.2 Å². The summed E-state index contributed by atoms with van der Waals surface area (Å²) in [6.07, 6.45) is 3.14. The second-order valence-corrected chi connectivity index (χ2v) is 7.84. The average Bonchev–Trinajstić information content (AvgIpc) is 2.79. The van der Waals surface area contributed by atoms with E-state index in [-0.39, 0.29) is 11.9 Å². The molecule has 0 aliphatic heterocycles. The smallest absolute Gasteiger partial charge is 0.333 e. The number of methoxy groups -OCH3 is 1. The highest BCUT2D eigenvalue weighted by molar-refractivity contribution is 6.30. The molecule has 0 saturated carbocycles. The Labute approximate surface area is 189 Å². The minimum Gasteiger partial charge on any atom is -0.496 e. The van der Waals surface area contributed by atoms with Crippen molar-refractivity contribution in [3.63, 3.8) is 0 Å². The van der Waals surface area contributed by atoms with Gasteiger partial charge in [0.05, 0.1) is 19.3 Å². The number of pyridine rings is 1. The number of hydrogen-bond donors (Lipinski definition) is 0. The SMILES string of the molecule is CCn1c(=O)n(Cc2ncc(C)c(OC)c2C)c(=O)c2cnc(-c3ccc(Cl)cc3)nc21. The van der Waals surface area contributed by atoms with Crippen LogP contribution in [0.5, 0.6) is 5.75 Å². The van der Waals surface area contributed by atoms with E-state index >= 15 is 0 Å². The van der Waals surface area contributed by atoms with E-state index < -0.39 is 11.2 Å². The lowest BCUT2D eigenvalue weighted by Gasteiger charge is -2.15. The van der Waals surface area contributed by atoms with Crippen molar-refractivity contribution in [2.75, 3.05) is 7.11 Å². The molecule has 0 unspecified atom stereocenters. The number of benzene rings is 1. The normalized spacial score (nSPS) is 11.2. The van der Waals surface area contributed by atoms with Gasteiger partial charge >= 0.3 is 5.69 Å². The zero-order valence-corrected chi connectivity index (χ0v) is 19.0. The van der Waals surface area contributed by atoms with Gasteiger partial charge in [-0.15, -0.1) is 0 Å². The third-order valence-corrected chi connectivity index (χ3v) is 5.69. The van der Waals surface area contributed by atoms with Crippen molar-refractivity contribution in [1.29, 1.82) is 0 Å². The Morgan fingerprint density at radius 1 is 1.03 bits per heavy atom. The van der Waals surface area contributed by atoms with Crippen LogP contribution in [-0.2, 0) is 13.1 Å². The summed E-state index contributed by atoms with van der Waals surface area (Å²) in [5.41, 5.74) is 2.38. The van der Waals surface area contributed by atoms with Crippen molar-refractivity contribution in [3.05, 3.63) is 79.3 Å². The molecule has 0 spiro atoms. The van der Waals surface area contributed by atoms with Gasteiger partial charge in [0.25, 0.3) is 5.56 Å². The lowest BCUT2D eigenvalue weighted by Crippen LogP contribution is -2.40. The molecule has 0 aliphatic rings. The van der Waals surface area contributed by atoms with Gasteiger partial charge in [-0.25, -0.2) is 14.8 Å². The molecule has 0 aliphatic carbocycles. The molecule has 9 heteroatoms. The highest BCUT2D eigenvalue weighted by atomic mass is 35.5. The molecule has 3 aromatic heterocycles. The molecule has 0 amide bonds. The van der Waals surface area contributed by atoms with Gasteiger partial charge in [-0.05, 0) is 45.0 Å². The fraction of sp³-hybridized carbons (Fsp3) is 0.261. The number of fused-ring (bicyclic) bond motifs is 1. The van der Waals surface area contributed by atoms with Crippen LogP contribution in [0.2, 0.25) is 5.02 Å². The lowest BCUT2D eigenvalue weighted by atomic mass is 10.1. The Balaban J connectivity index is 1.89. The number of hydrogen-bond acceptors (Lipinski definition) is 6. The maximum atomic E-state index is 13.3. The van der Waals surface area contributed by atoms with Crippen LogP contribution >= 0.6 is 11.6 Å². The molecule has 0 bridgehead atoms. The first kappa shape index (κ1) is 21.7. The Bertz CT molecular complexity index is 1440. The van der Waals surface area contributed by atoms with E-state index in [1.165, 1.54) is 15.3 Å². The standard InChI is InChI=1S/C23H22ClN5O3/c1-5-28-21-17(11-26-20(27-21)15-6-8-16(24)9-7-15)22(30)29(23(28)31)12-18-14(3)19(32-4)13(2)10-25-18/h6-11H,5,12H2,1-4H3. The van der Waals surface area contributed by atoms with Crippen LogP contribution < -0.4 is 16.0 Å². The van der Waals surface area contributed by atoms with Crippen molar-refractivity contribution in [2.24, 2.45) is 0 Å². The number of aromatic nitrogens is 5. The van der Waals surface area contributed by atoms with E-state index in [0.29, 0.717) is 34.5 Å². The third-order valence-electron chi connectivity index (χ3n) is 5.44. The van der Waals surface area contributed by atoms with Crippen molar-refractivity contribution in [3.8, 4) is 17.1 Å². The summed E-state index contributed by atoms with van der Waals surface area (Å²) in [6, 6.07) is 7.05. The quantitative estimate of drug-likeness (QED) is 0.462. The van der Waals surface area contributed by atoms with Crippen LogP contribution in [0.25, 0.3) is 22.4 Å². The predicted molar refractivity (Wildman–Crippen MR) is 124 cm³/mol. The fourth-order valence-electron chi connectivity index (χ4n) is 3.74. The van der Waals surface area contributed by atoms with Gasteiger partial charge in [-0.1, -0.05) is 11.6 Å². The van der Waals surface area contributed by atoms with Crippen molar-refractivity contribution < 1.29 is 4.74 Å². The van der Waals surface area contributed by atoms with E-state index in [2.05, 4.69) is 15.0 Å². The molecule has 4 aromatic rings. The molecule has 1 aromatic carbocycles. The molecular weight excluding hydrogens is 430 g/mol. The van der Waals surface area contributed by atoms with Gasteiger partial charge in [0.1, 0.15) is 11.1 Å². The molecule has 0 radical (unpaired) electrons. The maximum Gasteiger partial charge on any atom is 0.333 e. The Kier molecular flexibility index (Phi) is 5.80. The third kappa shape index (κ3) is 3.67. The van der Waals surface area contributed by atoms with Gasteiger partial charge in [-0.2, -0.15) is 0 Å². The minimum absolute atomic E-state index is 0.0228. The highest BCUT2D eigenvalue weighted by Gasteiger charge is 2.18. The second kappa shape index (κ2) is 8.55. The summed E-state index contributed by atoms with van der Waals surface area (Å²) in [6.45, 7) is 5.95. The molecule has 0 atom stereocenters. The van der Waals surface area contributed by atoms with Crippen molar-refractivity contribution in [2.45, 2.75) is 33.9 Å². The summed E-state index contributed by atoms with van der Waals surface area (Å²) in [7, 11) is 1.58. The predicted octanol–water partition coefficient (Wildman–Crippen LogP) is 3.36. The van der Waals surface area contributed by atoms with E-state index in [0.717, 1.165) is 16.7 Å². The van der Waals surface area contributed by atoms with Crippen LogP contribution in [0.3, 0.4) is 0 Å². The summed E-state index contributed by atoms with van der Waals surface area (Å²) in [5.74, 6) is 1.10. The second-order valence-electron chi connectivity index (χ2n) is 7.40. The zero-order valence-electron chi connectivity index (χ0n) is 18.2. The Morgan fingerprint density at radius 2 is 1.75 bits per heavy atom. The van der Waals surface area contributed by atoms with Crippen molar-refractivity contribution in [1.82, 2.24) is 24.1 Å². The molecule has 164 valence electrons. The number of nitrogens with zero attached hydrogens (tertiary/aromatic N) is 5. The summed E-state index contributed by atoms with van der Waals surface area (Å²) < 4.78 is 8.09. The molecule has 0 saturated heterocycles. The van der Waals surface area contributed by atoms with Gasteiger partial charge < -0.3 is 4.74 Å². The molecule has 0 fully saturated rings. The fourth-order valence-corrected chi connectivity index (χ4v) is 3.87. The van der Waals surface area contributed by atoms with E-state index in [4.69, 9.17) is 16.3 Å². The maximum absolute atomic E-state index is 13.3. The summed E-state index contributed by atoms with van der Waals surface area (Å²) >= 11 is 5.96. The monoisotopic (exact) mass is 451 g/mol. The van der Waals surface area contributed by atoms with Crippen LogP contribution in [0, 0.1) is 13.8 Å². The average molecular weight is 452 g/mol. The van der Waals surface area contributed by atoms with Crippen LogP contribution in [0.1, 0.15) is 23.7 Å². The lowest BCUT2D eigenvalue weighted by molar-refractivity contribution is 0.406. The summed E-state index contributed by atoms with van der Waals surface area (Å²) in [5, 5.41) is 0.862. The Morgan fingerprint density at radius 3 is 2.41 bits per heavy atom. The summed E-state index contributed by atoms with van der Waals surface area (Å²) in [4.78, 5) is 39.8. The molecule has 8 nitrogen and oxygen atoms in total. The van der Waals surface area contributed by atoms with E-state index in [1.54, 1.807) is 37.6 Å². The first-order valence-electron chi connectivity index (χ1n) is 10.1. The number of halogens is 1. The zero-order chi connectivity index (χ0) is 23.0. The first-order valence-corrected chi connectivity index (χ1v) is 10.5. The van der Waals surface area contributed by atoms with E-state index in [1.807, 2.05) is 20.8 Å². The van der Waals surface area contributed by atoms with Gasteiger partial charge in [0.2, 0.25) is 0 Å². The Hall–Kier alpha value is -3.52. The highest BCUT2D eigenvalue weighted by Crippen LogP contribution is 2.24.